The Morgan fingerprint density at radius 1 is 0.872 bits per heavy atom. The molecule has 0 saturated heterocycles. The number of anilines is 2. The van der Waals surface area contributed by atoms with Crippen molar-refractivity contribution in [2.24, 2.45) is 0 Å². The van der Waals surface area contributed by atoms with Gasteiger partial charge in [0.1, 0.15) is 16.3 Å². The van der Waals surface area contributed by atoms with Crippen LogP contribution in [-0.4, -0.2) is 50.2 Å². The van der Waals surface area contributed by atoms with Gasteiger partial charge in [-0.05, 0) is 31.5 Å². The fourth-order valence-electron chi connectivity index (χ4n) is 4.18. The van der Waals surface area contributed by atoms with Gasteiger partial charge in [-0.2, -0.15) is 0 Å². The molecule has 4 rings (SSSR count). The van der Waals surface area contributed by atoms with Gasteiger partial charge in [0.2, 0.25) is 5.82 Å². The maximum absolute atomic E-state index is 14.4. The number of benzene rings is 3. The second-order valence-electron chi connectivity index (χ2n) is 10.2. The minimum absolute atomic E-state index is 0.121. The molecule has 10 nitrogen and oxygen atoms in total. The summed E-state index contributed by atoms with van der Waals surface area (Å²) in [6.07, 6.45) is 5.00. The molecule has 1 aromatic heterocycles. The summed E-state index contributed by atoms with van der Waals surface area (Å²) in [6.45, 7) is 4.14. The number of phenolic OH excluding ortho intramolecular Hbond substituents is 1. The first kappa shape index (κ1) is 34.9. The number of nitrogens with zero attached hydrogens (tertiary/aromatic N) is 3. The van der Waals surface area contributed by atoms with Crippen molar-refractivity contribution in [1.82, 2.24) is 15.0 Å². The van der Waals surface area contributed by atoms with E-state index in [1.165, 1.54) is 6.20 Å². The van der Waals surface area contributed by atoms with Gasteiger partial charge in [-0.3, -0.25) is 14.4 Å². The average molecular weight is 678 g/mol. The number of ether oxygens (including phenoxy) is 1. The summed E-state index contributed by atoms with van der Waals surface area (Å²) in [4.78, 5) is 37.9. The number of hydrogen-bond donors (Lipinski definition) is 3. The van der Waals surface area contributed by atoms with Crippen LogP contribution in [0.4, 0.5) is 33.3 Å². The zero-order chi connectivity index (χ0) is 34.2. The monoisotopic (exact) mass is 677 g/mol. The van der Waals surface area contributed by atoms with Crippen LogP contribution in [0.3, 0.4) is 0 Å². The van der Waals surface area contributed by atoms with Gasteiger partial charge in [0.25, 0.3) is 11.8 Å². The third-order valence-corrected chi connectivity index (χ3v) is 7.54. The van der Waals surface area contributed by atoms with Crippen molar-refractivity contribution in [3.8, 4) is 11.4 Å². The summed E-state index contributed by atoms with van der Waals surface area (Å²) < 4.78 is 76.2. The van der Waals surface area contributed by atoms with Crippen LogP contribution in [0.2, 0.25) is 0 Å². The molecule has 0 bridgehead atoms. The summed E-state index contributed by atoms with van der Waals surface area (Å²) in [5, 5.41) is 23.3. The van der Waals surface area contributed by atoms with Crippen molar-refractivity contribution in [2.45, 2.75) is 44.6 Å². The largest absolute Gasteiger partial charge is 0.506 e. The lowest BCUT2D eigenvalue weighted by atomic mass is 10.1. The van der Waals surface area contributed by atoms with E-state index in [9.17, 15) is 41.4 Å². The first-order valence-electron chi connectivity index (χ1n) is 14.2. The minimum Gasteiger partial charge on any atom is -0.506 e. The molecule has 0 radical (unpaired) electrons. The van der Waals surface area contributed by atoms with Gasteiger partial charge in [-0.15, -0.1) is 5.10 Å². The van der Waals surface area contributed by atoms with E-state index in [-0.39, 0.29) is 34.3 Å². The van der Waals surface area contributed by atoms with Crippen molar-refractivity contribution in [2.75, 3.05) is 23.0 Å². The second-order valence-corrected chi connectivity index (χ2v) is 11.2. The number of thioether (sulfide) groups is 1. The third-order valence-electron chi connectivity index (χ3n) is 6.68. The number of amides is 2. The number of aromatic hydroxyl groups is 1. The molecule has 3 N–H and O–H groups in total. The Hall–Kier alpha value is -4.99. The highest BCUT2D eigenvalue weighted by molar-refractivity contribution is 7.99. The van der Waals surface area contributed by atoms with Crippen LogP contribution in [0.25, 0.3) is 5.69 Å². The Kier molecular flexibility index (Phi) is 11.5. The maximum atomic E-state index is 14.4. The number of esters is 1. The van der Waals surface area contributed by atoms with E-state index in [1.807, 2.05) is 12.2 Å². The first-order valence-corrected chi connectivity index (χ1v) is 15.2. The summed E-state index contributed by atoms with van der Waals surface area (Å²) in [7, 11) is 0. The molecule has 0 aliphatic carbocycles. The van der Waals surface area contributed by atoms with Crippen LogP contribution in [0.5, 0.6) is 5.75 Å². The van der Waals surface area contributed by atoms with Crippen LogP contribution >= 0.6 is 11.8 Å². The number of unbranched alkanes of at least 4 members (excludes halogenated alkanes) is 3. The molecule has 1 heterocycles. The summed E-state index contributed by atoms with van der Waals surface area (Å²) in [5.74, 6) is -15.5. The maximum Gasteiger partial charge on any atom is 0.316 e. The van der Waals surface area contributed by atoms with E-state index in [2.05, 4.69) is 22.6 Å². The van der Waals surface area contributed by atoms with Gasteiger partial charge >= 0.3 is 5.97 Å². The van der Waals surface area contributed by atoms with Gasteiger partial charge in [-0.25, -0.2) is 26.6 Å². The van der Waals surface area contributed by atoms with Gasteiger partial charge in [-0.1, -0.05) is 60.9 Å². The van der Waals surface area contributed by atoms with Gasteiger partial charge in [0.15, 0.2) is 23.3 Å². The predicted octanol–water partition coefficient (Wildman–Crippen LogP) is 6.70. The lowest BCUT2D eigenvalue weighted by Crippen LogP contribution is -2.20. The Labute approximate surface area is 269 Å². The average Bonchev–Trinajstić information content (AvgIpc) is 3.52. The van der Waals surface area contributed by atoms with E-state index < -0.39 is 63.9 Å². The number of carbonyl (C=O) groups excluding carboxylic acids is 3. The van der Waals surface area contributed by atoms with E-state index in [0.29, 0.717) is 0 Å². The highest BCUT2D eigenvalue weighted by Gasteiger charge is 2.30. The van der Waals surface area contributed by atoms with Crippen LogP contribution in [0, 0.1) is 36.0 Å². The van der Waals surface area contributed by atoms with Crippen molar-refractivity contribution in [3.05, 3.63) is 88.4 Å². The molecule has 3 aromatic carbocycles. The number of aryl methyl sites for hydroxylation is 1. The fraction of sp³-hybridized carbons (Fsp3) is 0.258. The van der Waals surface area contributed by atoms with Crippen LogP contribution in [0.15, 0.2) is 47.6 Å². The molecule has 0 fully saturated rings. The molecular formula is C31H28F5N5O5S. The Balaban J connectivity index is 1.64. The molecule has 2 amide bonds. The van der Waals surface area contributed by atoms with E-state index >= 15 is 0 Å². The predicted molar refractivity (Wildman–Crippen MR) is 162 cm³/mol. The Morgan fingerprint density at radius 3 is 2.17 bits per heavy atom. The van der Waals surface area contributed by atoms with E-state index in [0.717, 1.165) is 59.8 Å². The molecular weight excluding hydrogens is 649 g/mol. The first-order chi connectivity index (χ1) is 22.4. The SMILES string of the molecule is CCCCCCOC(=O)CSc1cn(-c2cc(NC(=O)c3ccc(C)cc3)c(O)cc2NC(=O)c2c(F)c(F)c(F)c(F)c2F)nn1. The molecule has 0 aliphatic rings. The number of aromatic nitrogens is 3. The highest BCUT2D eigenvalue weighted by Crippen LogP contribution is 2.35. The standard InChI is InChI=1S/C31H28F5N5O5S/c1-3-4-5-6-11-46-23(43)15-47-22-14-41(40-39-22)20-12-19(38-30(44)17-9-7-16(2)8-10-17)21(42)13-18(20)37-31(45)24-25(32)27(34)29(36)28(35)26(24)33/h7-10,12-14,42H,3-6,11,15H2,1-2H3,(H,37,45)(H,38,44). The number of phenols is 1. The molecule has 16 heteroatoms. The van der Waals surface area contributed by atoms with E-state index in [1.54, 1.807) is 24.3 Å². The second kappa shape index (κ2) is 15.5. The number of halogens is 5. The molecule has 0 aliphatic heterocycles. The molecule has 0 spiro atoms. The van der Waals surface area contributed by atoms with Crippen molar-refractivity contribution in [1.29, 1.82) is 0 Å². The minimum atomic E-state index is -2.45. The summed E-state index contributed by atoms with van der Waals surface area (Å²) >= 11 is 0.960. The summed E-state index contributed by atoms with van der Waals surface area (Å²) in [6, 6.07) is 8.46. The van der Waals surface area contributed by atoms with E-state index in [4.69, 9.17) is 4.74 Å². The Morgan fingerprint density at radius 2 is 1.51 bits per heavy atom. The third kappa shape index (κ3) is 8.44. The smallest absolute Gasteiger partial charge is 0.316 e. The zero-order valence-corrected chi connectivity index (χ0v) is 25.8. The number of hydrogen-bond acceptors (Lipinski definition) is 8. The molecule has 4 aromatic rings. The Bertz CT molecular complexity index is 1770. The molecule has 0 saturated carbocycles. The number of rotatable bonds is 13. The lowest BCUT2D eigenvalue weighted by Gasteiger charge is -2.16. The van der Waals surface area contributed by atoms with Crippen LogP contribution in [-0.2, 0) is 9.53 Å². The van der Waals surface area contributed by atoms with Crippen LogP contribution < -0.4 is 10.6 Å². The van der Waals surface area contributed by atoms with Crippen LogP contribution in [0.1, 0.15) is 58.9 Å². The topological polar surface area (TPSA) is 135 Å². The van der Waals surface area contributed by atoms with Crippen molar-refractivity contribution < 1.29 is 46.2 Å². The van der Waals surface area contributed by atoms with Gasteiger partial charge in [0.05, 0.1) is 35.6 Å². The summed E-state index contributed by atoms with van der Waals surface area (Å²) in [5.41, 5.74) is -1.42. The van der Waals surface area contributed by atoms with Crippen molar-refractivity contribution in [3.63, 3.8) is 0 Å². The molecule has 0 atom stereocenters. The number of carbonyl (C=O) groups is 3. The fourth-order valence-corrected chi connectivity index (χ4v) is 4.79. The molecule has 0 unspecified atom stereocenters. The zero-order valence-electron chi connectivity index (χ0n) is 25.0. The highest BCUT2D eigenvalue weighted by atomic mass is 32.2. The lowest BCUT2D eigenvalue weighted by molar-refractivity contribution is -0.140. The van der Waals surface area contributed by atoms with Crippen molar-refractivity contribution >= 4 is 40.9 Å². The quantitative estimate of drug-likeness (QED) is 0.0271. The molecule has 248 valence electrons. The van der Waals surface area contributed by atoms with Gasteiger partial charge < -0.3 is 20.5 Å². The normalized spacial score (nSPS) is 11.0. The molecule has 47 heavy (non-hydrogen) atoms. The number of nitrogens with one attached hydrogen (secondary N) is 2. The van der Waals surface area contributed by atoms with Gasteiger partial charge in [0, 0.05) is 11.6 Å².